The Morgan fingerprint density at radius 1 is 1.47 bits per heavy atom. The summed E-state index contributed by atoms with van der Waals surface area (Å²) in [6.45, 7) is 6.82. The SMILES string of the molecule is CCOC(=O)C1COCCN1C(=O)C=C(C)C. The Bertz CT molecular complexity index is 320. The molecule has 1 saturated heterocycles. The first-order chi connectivity index (χ1) is 8.06. The molecule has 0 aliphatic carbocycles. The van der Waals surface area contributed by atoms with Crippen molar-refractivity contribution >= 4 is 11.9 Å². The first kappa shape index (κ1) is 13.7. The molecule has 0 aromatic heterocycles. The van der Waals surface area contributed by atoms with Crippen molar-refractivity contribution in [3.05, 3.63) is 11.6 Å². The second-order valence-corrected chi connectivity index (χ2v) is 4.10. The number of morpholine rings is 1. The molecule has 5 heteroatoms. The third-order valence-electron chi connectivity index (χ3n) is 2.38. The normalized spacial score (nSPS) is 19.7. The summed E-state index contributed by atoms with van der Waals surface area (Å²) < 4.78 is 10.2. The van der Waals surface area contributed by atoms with Crippen LogP contribution in [-0.4, -0.2) is 49.2 Å². The van der Waals surface area contributed by atoms with E-state index in [0.717, 1.165) is 5.57 Å². The Morgan fingerprint density at radius 2 is 2.18 bits per heavy atom. The topological polar surface area (TPSA) is 55.8 Å². The van der Waals surface area contributed by atoms with E-state index in [0.29, 0.717) is 19.8 Å². The van der Waals surface area contributed by atoms with Gasteiger partial charge in [0, 0.05) is 12.6 Å². The van der Waals surface area contributed by atoms with Gasteiger partial charge in [0.2, 0.25) is 5.91 Å². The van der Waals surface area contributed by atoms with E-state index >= 15 is 0 Å². The summed E-state index contributed by atoms with van der Waals surface area (Å²) in [4.78, 5) is 25.1. The van der Waals surface area contributed by atoms with Gasteiger partial charge in [-0.2, -0.15) is 0 Å². The van der Waals surface area contributed by atoms with Gasteiger partial charge in [-0.3, -0.25) is 4.79 Å². The lowest BCUT2D eigenvalue weighted by Crippen LogP contribution is -2.52. The van der Waals surface area contributed by atoms with Gasteiger partial charge in [0.05, 0.1) is 19.8 Å². The number of esters is 1. The van der Waals surface area contributed by atoms with E-state index in [2.05, 4.69) is 0 Å². The molecule has 17 heavy (non-hydrogen) atoms. The molecule has 0 bridgehead atoms. The first-order valence-electron chi connectivity index (χ1n) is 5.76. The van der Waals surface area contributed by atoms with Gasteiger partial charge in [0.15, 0.2) is 6.04 Å². The Hall–Kier alpha value is -1.36. The van der Waals surface area contributed by atoms with Crippen molar-refractivity contribution in [2.75, 3.05) is 26.4 Å². The zero-order chi connectivity index (χ0) is 12.8. The van der Waals surface area contributed by atoms with Crippen LogP contribution in [0.15, 0.2) is 11.6 Å². The van der Waals surface area contributed by atoms with Gasteiger partial charge >= 0.3 is 5.97 Å². The van der Waals surface area contributed by atoms with Crippen molar-refractivity contribution in [1.82, 2.24) is 4.90 Å². The lowest BCUT2D eigenvalue weighted by molar-refractivity contribution is -0.160. The molecular weight excluding hydrogens is 222 g/mol. The van der Waals surface area contributed by atoms with E-state index in [9.17, 15) is 9.59 Å². The highest BCUT2D eigenvalue weighted by molar-refractivity contribution is 5.92. The maximum atomic E-state index is 11.9. The van der Waals surface area contributed by atoms with Crippen LogP contribution in [0.25, 0.3) is 0 Å². The molecule has 0 aromatic rings. The molecule has 0 aromatic carbocycles. The largest absolute Gasteiger partial charge is 0.464 e. The second-order valence-electron chi connectivity index (χ2n) is 4.10. The van der Waals surface area contributed by atoms with E-state index in [1.165, 1.54) is 11.0 Å². The number of hydrogen-bond acceptors (Lipinski definition) is 4. The fourth-order valence-corrected chi connectivity index (χ4v) is 1.63. The van der Waals surface area contributed by atoms with Crippen molar-refractivity contribution in [1.29, 1.82) is 0 Å². The van der Waals surface area contributed by atoms with Crippen molar-refractivity contribution in [2.45, 2.75) is 26.8 Å². The Kier molecular flexibility index (Phi) is 5.15. The summed E-state index contributed by atoms with van der Waals surface area (Å²) in [5, 5.41) is 0. The molecule has 96 valence electrons. The zero-order valence-electron chi connectivity index (χ0n) is 10.6. The van der Waals surface area contributed by atoms with Crippen molar-refractivity contribution in [3.8, 4) is 0 Å². The third kappa shape index (κ3) is 3.85. The van der Waals surface area contributed by atoms with Gasteiger partial charge in [0.1, 0.15) is 0 Å². The van der Waals surface area contributed by atoms with E-state index in [4.69, 9.17) is 9.47 Å². The average Bonchev–Trinajstić information content (AvgIpc) is 2.28. The predicted molar refractivity (Wildman–Crippen MR) is 62.4 cm³/mol. The summed E-state index contributed by atoms with van der Waals surface area (Å²) >= 11 is 0. The summed E-state index contributed by atoms with van der Waals surface area (Å²) in [7, 11) is 0. The third-order valence-corrected chi connectivity index (χ3v) is 2.38. The summed E-state index contributed by atoms with van der Waals surface area (Å²) in [5.41, 5.74) is 0.907. The second kappa shape index (κ2) is 6.39. The highest BCUT2D eigenvalue weighted by Gasteiger charge is 2.32. The lowest BCUT2D eigenvalue weighted by Gasteiger charge is -2.33. The van der Waals surface area contributed by atoms with Gasteiger partial charge in [-0.15, -0.1) is 0 Å². The lowest BCUT2D eigenvalue weighted by atomic mass is 10.2. The van der Waals surface area contributed by atoms with Crippen LogP contribution < -0.4 is 0 Å². The molecule has 0 N–H and O–H groups in total. The zero-order valence-corrected chi connectivity index (χ0v) is 10.6. The number of ether oxygens (including phenoxy) is 2. The quantitative estimate of drug-likeness (QED) is 0.540. The van der Waals surface area contributed by atoms with Crippen LogP contribution in [0.1, 0.15) is 20.8 Å². The Labute approximate surface area is 101 Å². The van der Waals surface area contributed by atoms with E-state index in [1.807, 2.05) is 13.8 Å². The molecule has 1 fully saturated rings. The fraction of sp³-hybridized carbons (Fsp3) is 0.667. The summed E-state index contributed by atoms with van der Waals surface area (Å²) in [5.74, 6) is -0.561. The van der Waals surface area contributed by atoms with E-state index in [-0.39, 0.29) is 12.5 Å². The fourth-order valence-electron chi connectivity index (χ4n) is 1.63. The maximum Gasteiger partial charge on any atom is 0.331 e. The average molecular weight is 241 g/mol. The van der Waals surface area contributed by atoms with E-state index < -0.39 is 12.0 Å². The Morgan fingerprint density at radius 3 is 2.76 bits per heavy atom. The highest BCUT2D eigenvalue weighted by Crippen LogP contribution is 2.10. The molecule has 0 radical (unpaired) electrons. The maximum absolute atomic E-state index is 11.9. The molecule has 1 heterocycles. The molecular formula is C12H19NO4. The molecule has 5 nitrogen and oxygen atoms in total. The summed E-state index contributed by atoms with van der Waals surface area (Å²) in [6, 6.07) is -0.619. The minimum Gasteiger partial charge on any atom is -0.464 e. The van der Waals surface area contributed by atoms with E-state index in [1.54, 1.807) is 6.92 Å². The molecule has 1 unspecified atom stereocenters. The van der Waals surface area contributed by atoms with Crippen LogP contribution in [0.3, 0.4) is 0 Å². The smallest absolute Gasteiger partial charge is 0.331 e. The molecule has 1 aliphatic rings. The van der Waals surface area contributed by atoms with Gasteiger partial charge in [0.25, 0.3) is 0 Å². The van der Waals surface area contributed by atoms with Crippen LogP contribution in [0.2, 0.25) is 0 Å². The highest BCUT2D eigenvalue weighted by atomic mass is 16.5. The van der Waals surface area contributed by atoms with Gasteiger partial charge in [-0.05, 0) is 20.8 Å². The van der Waals surface area contributed by atoms with Gasteiger partial charge in [-0.25, -0.2) is 4.79 Å². The van der Waals surface area contributed by atoms with Crippen LogP contribution >= 0.6 is 0 Å². The molecule has 1 amide bonds. The summed E-state index contributed by atoms with van der Waals surface area (Å²) in [6.07, 6.45) is 1.53. The number of hydrogen-bond donors (Lipinski definition) is 0. The van der Waals surface area contributed by atoms with Crippen LogP contribution in [0.5, 0.6) is 0 Å². The molecule has 0 saturated carbocycles. The number of carbonyl (C=O) groups is 2. The van der Waals surface area contributed by atoms with Crippen molar-refractivity contribution in [3.63, 3.8) is 0 Å². The number of rotatable bonds is 3. The Balaban J connectivity index is 2.75. The number of allylic oxidation sites excluding steroid dienone is 1. The molecule has 1 rings (SSSR count). The molecule has 1 aliphatic heterocycles. The number of carbonyl (C=O) groups excluding carboxylic acids is 2. The van der Waals surface area contributed by atoms with Crippen molar-refractivity contribution in [2.24, 2.45) is 0 Å². The van der Waals surface area contributed by atoms with Gasteiger partial charge < -0.3 is 14.4 Å². The van der Waals surface area contributed by atoms with Crippen molar-refractivity contribution < 1.29 is 19.1 Å². The van der Waals surface area contributed by atoms with Crippen LogP contribution in [0.4, 0.5) is 0 Å². The number of nitrogens with zero attached hydrogens (tertiary/aromatic N) is 1. The standard InChI is InChI=1S/C12H19NO4/c1-4-17-12(15)10-8-16-6-5-13(10)11(14)7-9(2)3/h7,10H,4-6,8H2,1-3H3. The monoisotopic (exact) mass is 241 g/mol. The van der Waals surface area contributed by atoms with Crippen LogP contribution in [0, 0.1) is 0 Å². The number of amides is 1. The molecule has 0 spiro atoms. The first-order valence-corrected chi connectivity index (χ1v) is 5.76. The van der Waals surface area contributed by atoms with Gasteiger partial charge in [-0.1, -0.05) is 5.57 Å². The van der Waals surface area contributed by atoms with Crippen LogP contribution in [-0.2, 0) is 19.1 Å². The minimum atomic E-state index is -0.619. The minimum absolute atomic E-state index is 0.161. The molecule has 1 atom stereocenters. The predicted octanol–water partition coefficient (Wildman–Crippen LogP) is 0.743.